The highest BCUT2D eigenvalue weighted by Crippen LogP contribution is 2.30. The molecule has 0 N–H and O–H groups in total. The molecule has 17 heavy (non-hydrogen) atoms. The van der Waals surface area contributed by atoms with Crippen molar-refractivity contribution >= 4 is 18.0 Å². The van der Waals surface area contributed by atoms with E-state index < -0.39 is 18.6 Å². The number of ether oxygens (including phenoxy) is 1. The number of carbonyl (C=O) groups is 1. The molecule has 1 aromatic carbocycles. The van der Waals surface area contributed by atoms with Crippen molar-refractivity contribution < 1.29 is 26.9 Å². The summed E-state index contributed by atoms with van der Waals surface area (Å²) in [4.78, 5) is 11.3. The van der Waals surface area contributed by atoms with E-state index in [4.69, 9.17) is 4.74 Å². The van der Waals surface area contributed by atoms with E-state index in [1.165, 1.54) is 7.11 Å². The van der Waals surface area contributed by atoms with Crippen LogP contribution in [0.15, 0.2) is 29.2 Å². The highest BCUT2D eigenvalue weighted by Gasteiger charge is 2.32. The van der Waals surface area contributed by atoms with Gasteiger partial charge in [0.05, 0.1) is 24.0 Å². The average Bonchev–Trinajstić information content (AvgIpc) is 2.24. The minimum absolute atomic E-state index is 0.428. The fraction of sp³-hybridized carbons (Fsp3) is 0.300. The molecule has 0 radical (unpaired) electrons. The van der Waals surface area contributed by atoms with Crippen LogP contribution < -0.4 is 4.74 Å². The minimum Gasteiger partial charge on any atom is -0.495 e. The van der Waals surface area contributed by atoms with Crippen LogP contribution in [0.25, 0.3) is 0 Å². The summed E-state index contributed by atoms with van der Waals surface area (Å²) in [6.07, 6.45) is -6.16. The molecule has 7 heteroatoms. The lowest BCUT2D eigenvalue weighted by atomic mass is 10.3. The van der Waals surface area contributed by atoms with Gasteiger partial charge < -0.3 is 8.92 Å². The number of rotatable bonds is 4. The molecule has 1 rings (SSSR count). The van der Waals surface area contributed by atoms with Crippen molar-refractivity contribution in [3.8, 4) is 5.75 Å². The summed E-state index contributed by atoms with van der Waals surface area (Å²) in [7, 11) is 1.41. The highest BCUT2D eigenvalue weighted by molar-refractivity contribution is 7.95. The van der Waals surface area contributed by atoms with Gasteiger partial charge in [-0.3, -0.25) is 4.79 Å². The highest BCUT2D eigenvalue weighted by atomic mass is 32.2. The predicted molar refractivity (Wildman–Crippen MR) is 55.6 cm³/mol. The summed E-state index contributed by atoms with van der Waals surface area (Å²) < 4.78 is 44.9. The molecule has 1 aromatic rings. The third kappa shape index (κ3) is 4.99. The quantitative estimate of drug-likeness (QED) is 0.784. The Morgan fingerprint density at radius 2 is 2.00 bits per heavy atom. The summed E-state index contributed by atoms with van der Waals surface area (Å²) in [5.74, 6) is -0.911. The van der Waals surface area contributed by atoms with Crippen LogP contribution in [0, 0.1) is 0 Å². The summed E-state index contributed by atoms with van der Waals surface area (Å²) in [6, 6.07) is 6.53. The normalized spacial score (nSPS) is 11.1. The zero-order chi connectivity index (χ0) is 12.9. The molecule has 0 aromatic heterocycles. The molecule has 0 bridgehead atoms. The number of alkyl halides is 3. The molecule has 0 amide bonds. The molecule has 0 aliphatic heterocycles. The van der Waals surface area contributed by atoms with Gasteiger partial charge in [-0.25, -0.2) is 0 Å². The summed E-state index contributed by atoms with van der Waals surface area (Å²) >= 11 is 0.546. The Labute approximate surface area is 100 Å². The Morgan fingerprint density at radius 1 is 1.35 bits per heavy atom. The van der Waals surface area contributed by atoms with Crippen molar-refractivity contribution in [3.63, 3.8) is 0 Å². The predicted octanol–water partition coefficient (Wildman–Crippen LogP) is 3.20. The molecule has 0 saturated heterocycles. The number of para-hydroxylation sites is 1. The molecular weight excluding hydrogens is 257 g/mol. The van der Waals surface area contributed by atoms with E-state index in [0.29, 0.717) is 22.7 Å². The lowest BCUT2D eigenvalue weighted by molar-refractivity contribution is -0.162. The number of methoxy groups -OCH3 is 1. The largest absolute Gasteiger partial charge is 0.495 e. The van der Waals surface area contributed by atoms with E-state index in [1.807, 2.05) is 0 Å². The van der Waals surface area contributed by atoms with Gasteiger partial charge in [-0.05, 0) is 12.1 Å². The monoisotopic (exact) mass is 266 g/mol. The zero-order valence-corrected chi connectivity index (χ0v) is 9.60. The molecular formula is C10H9F3O3S. The fourth-order valence-corrected chi connectivity index (χ4v) is 1.58. The first-order valence-corrected chi connectivity index (χ1v) is 5.23. The Hall–Kier alpha value is -1.37. The Balaban J connectivity index is 2.53. The van der Waals surface area contributed by atoms with Crippen LogP contribution in [-0.4, -0.2) is 19.3 Å². The Kier molecular flexibility index (Phi) is 4.68. The van der Waals surface area contributed by atoms with Gasteiger partial charge in [-0.1, -0.05) is 12.1 Å². The zero-order valence-electron chi connectivity index (χ0n) is 8.78. The molecule has 0 heterocycles. The maximum atomic E-state index is 11.8. The third-order valence-corrected chi connectivity index (χ3v) is 2.42. The Bertz CT molecular complexity index is 393. The maximum absolute atomic E-state index is 11.8. The van der Waals surface area contributed by atoms with Gasteiger partial charge in [-0.2, -0.15) is 13.2 Å². The van der Waals surface area contributed by atoms with Crippen molar-refractivity contribution in [1.29, 1.82) is 0 Å². The molecule has 0 saturated carbocycles. The van der Waals surface area contributed by atoms with E-state index in [-0.39, 0.29) is 0 Å². The van der Waals surface area contributed by atoms with Crippen LogP contribution in [-0.2, 0) is 8.98 Å². The van der Waals surface area contributed by atoms with Crippen molar-refractivity contribution in [2.75, 3.05) is 7.11 Å². The van der Waals surface area contributed by atoms with Gasteiger partial charge in [0.15, 0.2) is 0 Å². The first kappa shape index (κ1) is 13.7. The SMILES string of the molecule is COc1ccccc1SOC(=O)CC(F)(F)F. The van der Waals surface area contributed by atoms with Crippen LogP contribution in [0.1, 0.15) is 6.42 Å². The summed E-state index contributed by atoms with van der Waals surface area (Å²) in [5.41, 5.74) is 0. The lowest BCUT2D eigenvalue weighted by Gasteiger charge is -2.08. The maximum Gasteiger partial charge on any atom is 0.399 e. The number of hydrogen-bond donors (Lipinski definition) is 0. The first-order valence-electron chi connectivity index (χ1n) is 4.49. The molecule has 0 spiro atoms. The van der Waals surface area contributed by atoms with Crippen molar-refractivity contribution in [2.45, 2.75) is 17.5 Å². The van der Waals surface area contributed by atoms with Gasteiger partial charge in [0, 0.05) is 0 Å². The number of halogens is 3. The number of benzene rings is 1. The number of carbonyl (C=O) groups excluding carboxylic acids is 1. The van der Waals surface area contributed by atoms with Gasteiger partial charge in [0.1, 0.15) is 12.2 Å². The van der Waals surface area contributed by atoms with Crippen LogP contribution in [0.3, 0.4) is 0 Å². The Morgan fingerprint density at radius 3 is 2.59 bits per heavy atom. The van der Waals surface area contributed by atoms with Gasteiger partial charge >= 0.3 is 12.1 Å². The molecule has 0 fully saturated rings. The first-order chi connectivity index (χ1) is 7.92. The summed E-state index contributed by atoms with van der Waals surface area (Å²) in [5, 5.41) is 0. The van der Waals surface area contributed by atoms with E-state index >= 15 is 0 Å². The van der Waals surface area contributed by atoms with Crippen LogP contribution in [0.4, 0.5) is 13.2 Å². The third-order valence-electron chi connectivity index (χ3n) is 1.64. The summed E-state index contributed by atoms with van der Waals surface area (Å²) in [6.45, 7) is 0. The average molecular weight is 266 g/mol. The van der Waals surface area contributed by atoms with Crippen molar-refractivity contribution in [2.24, 2.45) is 0 Å². The number of hydrogen-bond acceptors (Lipinski definition) is 4. The van der Waals surface area contributed by atoms with Crippen LogP contribution >= 0.6 is 12.0 Å². The smallest absolute Gasteiger partial charge is 0.399 e. The molecule has 0 unspecified atom stereocenters. The van der Waals surface area contributed by atoms with E-state index in [1.54, 1.807) is 24.3 Å². The standard InChI is InChI=1S/C10H9F3O3S/c1-15-7-4-2-3-5-8(7)17-16-9(14)6-10(11,12)13/h2-5H,6H2,1H3. The molecule has 0 atom stereocenters. The molecule has 94 valence electrons. The van der Waals surface area contributed by atoms with E-state index in [9.17, 15) is 18.0 Å². The lowest BCUT2D eigenvalue weighted by Crippen LogP contribution is -2.15. The van der Waals surface area contributed by atoms with Crippen LogP contribution in [0.2, 0.25) is 0 Å². The second kappa shape index (κ2) is 5.81. The minimum atomic E-state index is -4.56. The van der Waals surface area contributed by atoms with Gasteiger partial charge in [0.25, 0.3) is 0 Å². The van der Waals surface area contributed by atoms with Gasteiger partial charge in [-0.15, -0.1) is 0 Å². The second-order valence-corrected chi connectivity index (χ2v) is 3.75. The second-order valence-electron chi connectivity index (χ2n) is 2.98. The van der Waals surface area contributed by atoms with Crippen molar-refractivity contribution in [3.05, 3.63) is 24.3 Å². The molecule has 0 aliphatic rings. The fourth-order valence-electron chi connectivity index (χ4n) is 0.972. The van der Waals surface area contributed by atoms with Crippen molar-refractivity contribution in [1.82, 2.24) is 0 Å². The molecule has 3 nitrogen and oxygen atoms in total. The van der Waals surface area contributed by atoms with Gasteiger partial charge in [0.2, 0.25) is 0 Å². The van der Waals surface area contributed by atoms with E-state index in [2.05, 4.69) is 4.18 Å². The molecule has 0 aliphatic carbocycles. The van der Waals surface area contributed by atoms with Crippen LogP contribution in [0.5, 0.6) is 5.75 Å². The van der Waals surface area contributed by atoms with E-state index in [0.717, 1.165) is 0 Å². The topological polar surface area (TPSA) is 35.5 Å².